The maximum absolute atomic E-state index is 13.6. The van der Waals surface area contributed by atoms with Crippen molar-refractivity contribution < 1.29 is 23.8 Å². The number of hydrogen-bond donors (Lipinski definition) is 2. The van der Waals surface area contributed by atoms with E-state index in [0.717, 1.165) is 18.1 Å². The topological polar surface area (TPSA) is 78.9 Å². The molecule has 9 heteroatoms. The molecular weight excluding hydrogens is 494 g/mol. The largest absolute Gasteiger partial charge is 0.484 e. The number of nitrogens with one attached hydrogen (secondary N) is 1. The smallest absolute Gasteiger partial charge is 0.258 e. The van der Waals surface area contributed by atoms with Crippen LogP contribution < -0.4 is 10.1 Å². The monoisotopic (exact) mass is 520 g/mol. The summed E-state index contributed by atoms with van der Waals surface area (Å²) in [5.74, 6) is -0.893. The molecule has 4 aliphatic rings. The molecule has 6 nitrogen and oxygen atoms in total. The number of carbonyl (C=O) groups excluding carboxylic acids is 2. The van der Waals surface area contributed by atoms with Gasteiger partial charge in [-0.15, -0.1) is 0 Å². The van der Waals surface area contributed by atoms with Gasteiger partial charge in [0.2, 0.25) is 5.91 Å². The predicted molar refractivity (Wildman–Crippen MR) is 130 cm³/mol. The SMILES string of the molecule is O=C(COc1ccc(Cl)c(F)c1)NC12CCC(N3CC[C@H](c4ccc(Cl)cc4)C3=O)(CC1)C[C@@H]2O. The summed E-state index contributed by atoms with van der Waals surface area (Å²) in [7, 11) is 0. The van der Waals surface area contributed by atoms with Crippen LogP contribution in [0.5, 0.6) is 5.75 Å². The van der Waals surface area contributed by atoms with Crippen LogP contribution in [0.15, 0.2) is 42.5 Å². The van der Waals surface area contributed by atoms with E-state index in [0.29, 0.717) is 43.7 Å². The number of rotatable bonds is 6. The van der Waals surface area contributed by atoms with E-state index in [1.807, 2.05) is 17.0 Å². The third-order valence-electron chi connectivity index (χ3n) is 7.98. The molecule has 3 saturated carbocycles. The van der Waals surface area contributed by atoms with E-state index in [9.17, 15) is 19.1 Å². The molecule has 2 amide bonds. The third kappa shape index (κ3) is 4.50. The normalized spacial score (nSPS) is 29.9. The fourth-order valence-electron chi connectivity index (χ4n) is 6.03. The van der Waals surface area contributed by atoms with Gasteiger partial charge in [-0.1, -0.05) is 35.3 Å². The number of aliphatic hydroxyl groups excluding tert-OH is 1. The lowest BCUT2D eigenvalue weighted by atomic mass is 9.59. The molecule has 1 aliphatic heterocycles. The van der Waals surface area contributed by atoms with Gasteiger partial charge in [-0.25, -0.2) is 4.39 Å². The molecule has 2 aromatic carbocycles. The van der Waals surface area contributed by atoms with Crippen LogP contribution in [0.4, 0.5) is 4.39 Å². The van der Waals surface area contributed by atoms with Crippen molar-refractivity contribution in [3.05, 3.63) is 63.9 Å². The van der Waals surface area contributed by atoms with Crippen molar-refractivity contribution in [3.8, 4) is 5.75 Å². The first-order valence-electron chi connectivity index (χ1n) is 11.9. The van der Waals surface area contributed by atoms with E-state index in [2.05, 4.69) is 5.32 Å². The van der Waals surface area contributed by atoms with Crippen molar-refractivity contribution in [2.75, 3.05) is 13.2 Å². The lowest BCUT2D eigenvalue weighted by molar-refractivity contribution is -0.152. The van der Waals surface area contributed by atoms with Crippen molar-refractivity contribution in [2.45, 2.75) is 61.6 Å². The molecule has 1 saturated heterocycles. The summed E-state index contributed by atoms with van der Waals surface area (Å²) < 4.78 is 19.0. The molecule has 2 atom stereocenters. The Balaban J connectivity index is 1.21. The Kier molecular flexibility index (Phi) is 6.45. The number of ether oxygens (including phenoxy) is 1. The predicted octanol–water partition coefficient (Wildman–Crippen LogP) is 4.46. The van der Waals surface area contributed by atoms with Crippen LogP contribution in [-0.2, 0) is 9.59 Å². The van der Waals surface area contributed by atoms with E-state index in [4.69, 9.17) is 27.9 Å². The molecule has 0 aromatic heterocycles. The Morgan fingerprint density at radius 2 is 1.86 bits per heavy atom. The molecule has 6 rings (SSSR count). The number of halogens is 3. The van der Waals surface area contributed by atoms with Crippen molar-refractivity contribution in [2.24, 2.45) is 0 Å². The molecule has 2 aromatic rings. The van der Waals surface area contributed by atoms with E-state index in [1.165, 1.54) is 12.1 Å². The Morgan fingerprint density at radius 1 is 1.14 bits per heavy atom. The van der Waals surface area contributed by atoms with Crippen LogP contribution >= 0.6 is 23.2 Å². The minimum atomic E-state index is -0.774. The molecular formula is C26H27Cl2FN2O4. The van der Waals surface area contributed by atoms with Gasteiger partial charge in [-0.2, -0.15) is 0 Å². The standard InChI is InChI=1S/C26H27Cl2FN2O4/c27-17-3-1-16(2-4-17)19-7-12-31(24(19)34)25-8-10-26(11-9-25,22(32)14-25)30-23(33)15-35-18-5-6-20(28)21(29)13-18/h1-6,13,19,22,32H,7-12,14-15H2,(H,30,33)/t19-,22+,25?,26?/m1/s1. The summed E-state index contributed by atoms with van der Waals surface area (Å²) in [6, 6.07) is 11.4. The van der Waals surface area contributed by atoms with E-state index in [-0.39, 0.29) is 40.7 Å². The second-order valence-electron chi connectivity index (χ2n) is 9.90. The van der Waals surface area contributed by atoms with E-state index >= 15 is 0 Å². The third-order valence-corrected chi connectivity index (χ3v) is 8.54. The molecule has 0 spiro atoms. The zero-order valence-electron chi connectivity index (χ0n) is 19.1. The summed E-state index contributed by atoms with van der Waals surface area (Å²) in [4.78, 5) is 28.0. The first kappa shape index (κ1) is 24.3. The summed E-state index contributed by atoms with van der Waals surface area (Å²) in [6.07, 6.45) is 2.97. The Labute approximate surface area is 213 Å². The van der Waals surface area contributed by atoms with Gasteiger partial charge in [0, 0.05) is 23.2 Å². The zero-order chi connectivity index (χ0) is 24.8. The number of hydrogen-bond acceptors (Lipinski definition) is 4. The number of likely N-dealkylation sites (tertiary alicyclic amines) is 1. The van der Waals surface area contributed by atoms with Crippen LogP contribution in [-0.4, -0.2) is 52.2 Å². The summed E-state index contributed by atoms with van der Waals surface area (Å²) in [5, 5.41) is 14.7. The first-order chi connectivity index (χ1) is 16.7. The molecule has 3 aliphatic carbocycles. The highest BCUT2D eigenvalue weighted by Gasteiger charge is 2.59. The number of amides is 2. The molecule has 35 heavy (non-hydrogen) atoms. The van der Waals surface area contributed by atoms with Crippen molar-refractivity contribution in [1.82, 2.24) is 10.2 Å². The second-order valence-corrected chi connectivity index (χ2v) is 10.7. The average Bonchev–Trinajstić information content (AvgIpc) is 3.23. The summed E-state index contributed by atoms with van der Waals surface area (Å²) in [5.41, 5.74) is -0.166. The number of nitrogens with zero attached hydrogens (tertiary/aromatic N) is 1. The molecule has 2 bridgehead atoms. The lowest BCUT2D eigenvalue weighted by Gasteiger charge is -2.59. The summed E-state index contributed by atoms with van der Waals surface area (Å²) in [6.45, 7) is 0.359. The Bertz CT molecular complexity index is 1130. The van der Waals surface area contributed by atoms with Gasteiger partial charge in [0.1, 0.15) is 11.6 Å². The fraction of sp³-hybridized carbons (Fsp3) is 0.462. The molecule has 1 heterocycles. The van der Waals surface area contributed by atoms with Crippen molar-refractivity contribution >= 4 is 35.0 Å². The zero-order valence-corrected chi connectivity index (χ0v) is 20.6. The lowest BCUT2D eigenvalue weighted by Crippen LogP contribution is -2.70. The summed E-state index contributed by atoms with van der Waals surface area (Å²) >= 11 is 11.7. The molecule has 0 radical (unpaired) electrons. The van der Waals surface area contributed by atoms with Gasteiger partial charge in [-0.05, 0) is 68.4 Å². The molecule has 186 valence electrons. The number of benzene rings is 2. The second kappa shape index (κ2) is 9.26. The van der Waals surface area contributed by atoms with Gasteiger partial charge in [0.05, 0.1) is 22.6 Å². The van der Waals surface area contributed by atoms with Crippen LogP contribution in [0.3, 0.4) is 0 Å². The van der Waals surface area contributed by atoms with Crippen LogP contribution in [0.2, 0.25) is 10.0 Å². The minimum Gasteiger partial charge on any atom is -0.484 e. The molecule has 2 N–H and O–H groups in total. The molecule has 4 fully saturated rings. The van der Waals surface area contributed by atoms with Gasteiger partial charge in [0.25, 0.3) is 5.91 Å². The van der Waals surface area contributed by atoms with E-state index in [1.54, 1.807) is 12.1 Å². The number of aliphatic hydroxyl groups is 1. The van der Waals surface area contributed by atoms with Crippen LogP contribution in [0.1, 0.15) is 50.0 Å². The molecule has 0 unspecified atom stereocenters. The Morgan fingerprint density at radius 3 is 2.51 bits per heavy atom. The van der Waals surface area contributed by atoms with Crippen molar-refractivity contribution in [1.29, 1.82) is 0 Å². The highest BCUT2D eigenvalue weighted by Crippen LogP contribution is 2.52. The fourth-order valence-corrected chi connectivity index (χ4v) is 6.27. The number of fused-ring (bicyclic) bond motifs is 3. The first-order valence-corrected chi connectivity index (χ1v) is 12.6. The van der Waals surface area contributed by atoms with Gasteiger partial charge in [0.15, 0.2) is 6.61 Å². The van der Waals surface area contributed by atoms with Crippen LogP contribution in [0, 0.1) is 5.82 Å². The Hall–Kier alpha value is -2.35. The quantitative estimate of drug-likeness (QED) is 0.589. The van der Waals surface area contributed by atoms with Gasteiger partial charge in [-0.3, -0.25) is 9.59 Å². The van der Waals surface area contributed by atoms with Gasteiger partial charge < -0.3 is 20.1 Å². The average molecular weight is 521 g/mol. The number of carbonyl (C=O) groups is 2. The van der Waals surface area contributed by atoms with Gasteiger partial charge >= 0.3 is 0 Å². The maximum Gasteiger partial charge on any atom is 0.258 e. The van der Waals surface area contributed by atoms with E-state index < -0.39 is 17.5 Å². The van der Waals surface area contributed by atoms with Crippen LogP contribution in [0.25, 0.3) is 0 Å². The maximum atomic E-state index is 13.6. The minimum absolute atomic E-state index is 0.0207. The van der Waals surface area contributed by atoms with Crippen molar-refractivity contribution in [3.63, 3.8) is 0 Å². The highest BCUT2D eigenvalue weighted by molar-refractivity contribution is 6.31. The highest BCUT2D eigenvalue weighted by atomic mass is 35.5.